The van der Waals surface area contributed by atoms with E-state index in [0.29, 0.717) is 16.7 Å². The van der Waals surface area contributed by atoms with Gasteiger partial charge in [0.2, 0.25) is 34.2 Å². The average molecular weight is 1820 g/mol. The molecule has 0 atom stereocenters. The third-order valence-corrected chi connectivity index (χ3v) is 28.1. The van der Waals surface area contributed by atoms with Gasteiger partial charge in [-0.05, 0) is 291 Å². The fraction of sp³-hybridized carbons (Fsp3) is 0.313. The summed E-state index contributed by atoms with van der Waals surface area (Å²) in [6.45, 7) is 9.27. The number of rotatable bonds is 16. The highest BCUT2D eigenvalue weighted by Gasteiger charge is 2.30. The summed E-state index contributed by atoms with van der Waals surface area (Å²) >= 11 is 0. The second kappa shape index (κ2) is 47.2. The van der Waals surface area contributed by atoms with Crippen LogP contribution in [0.25, 0.3) is 112 Å². The molecule has 0 N–H and O–H groups in total. The molecular weight excluding hydrogens is 1660 g/mol. The Morgan fingerprint density at radius 1 is 0.234 bits per heavy atom. The van der Waals surface area contributed by atoms with Crippen LogP contribution in [0, 0.1) is 87.8 Å². The highest BCUT2D eigenvalue weighted by molar-refractivity contribution is 5.89. The molecule has 0 saturated heterocycles. The second-order valence-electron chi connectivity index (χ2n) is 38.2. The Balaban J connectivity index is 0.000000138. The van der Waals surface area contributed by atoms with Crippen LogP contribution < -0.4 is 27.4 Å². The van der Waals surface area contributed by atoms with E-state index in [1.807, 2.05) is 260 Å². The molecule has 6 nitrogen and oxygen atoms in total. The largest absolute Gasteiger partial charge is 0.213 e. The Morgan fingerprint density at radius 3 is 0.891 bits per heavy atom. The molecule has 6 heteroatoms. The minimum atomic E-state index is -2.52. The van der Waals surface area contributed by atoms with Gasteiger partial charge in [0.25, 0.3) is 0 Å². The number of benzene rings is 10. The normalized spacial score (nSPS) is 16.4. The van der Waals surface area contributed by atoms with Crippen LogP contribution in [0.1, 0.15) is 231 Å². The van der Waals surface area contributed by atoms with E-state index >= 15 is 0 Å². The molecule has 6 heterocycles. The van der Waals surface area contributed by atoms with Gasteiger partial charge in [0, 0.05) is 93.4 Å². The number of aryl methyl sites for hydroxylation is 17. The maximum Gasteiger partial charge on any atom is 0.213 e. The number of hydrogen-bond donors (Lipinski definition) is 0. The molecule has 10 aromatic carbocycles. The van der Waals surface area contributed by atoms with Gasteiger partial charge >= 0.3 is 0 Å². The third-order valence-electron chi connectivity index (χ3n) is 28.1. The summed E-state index contributed by atoms with van der Waals surface area (Å²) in [6, 6.07) is 98.3. The third kappa shape index (κ3) is 24.4. The summed E-state index contributed by atoms with van der Waals surface area (Å²) in [6.07, 6.45) is 29.4. The quantitative estimate of drug-likeness (QED) is 0.0861. The topological polar surface area (TPSA) is 23.3 Å². The van der Waals surface area contributed by atoms with Crippen LogP contribution in [0.15, 0.2) is 334 Å². The molecule has 0 bridgehead atoms. The van der Waals surface area contributed by atoms with E-state index in [2.05, 4.69) is 187 Å². The molecule has 0 amide bonds. The summed E-state index contributed by atoms with van der Waals surface area (Å²) in [4.78, 5) is 0. The van der Waals surface area contributed by atoms with Crippen molar-refractivity contribution in [3.05, 3.63) is 418 Å². The lowest BCUT2D eigenvalue weighted by Gasteiger charge is -2.24. The van der Waals surface area contributed by atoms with Crippen molar-refractivity contribution < 1.29 is 48.0 Å². The predicted octanol–water partition coefficient (Wildman–Crippen LogP) is 30.7. The monoisotopic (exact) mass is 1820 g/mol. The standard InChI is InChI=1S/C28H28N.C27H26N.C20H26N.2C19H24N.C18H22N/c1-19-12-14-23(15-13-19)24-17-21(3)27(22(4)18-24)25-10-8-9-20(2)28(25)26-11-6-7-16-29(26)5;1-19-11-13-22(14-12-19)23-15-16-24(21(3)18-23)25-9-7-8-20(2)27(25)26-10-5-6-17-28(26)4;1-16-9-8-12-18(15-17-10-4-3-5-11-17)20(16)19-13-6-7-14-21(19)2;1-15-8-7-11-17(14-16-9-3-4-10-16)19(15)18-12-5-6-13-20(18)2;1-15-9-8-12-17(16-10-4-3-5-11-16)19(15)18-13-6-7-14-20(18)2;1-14-8-7-11-16(15-9-3-4-10-15)18(14)17-12-5-6-13-19(17)2/h6-18H,1-5H3;5-18H,1-4H3;6-9,12-14,17H,3-5,10-11,15H2,1-2H3;5-8,11-13,16H,3-4,9-10,14H2,1-2H3;6-9,12-14,16H,3-5,10-11H2,1-2H3;5-8,11-13,15H,3-4,9-10H2,1-2H3/q6*+1/i3D3,4D3;3D3;15D2;14D2;16D;15D. The van der Waals surface area contributed by atoms with Crippen LogP contribution in [-0.4, -0.2) is 0 Å². The lowest BCUT2D eigenvalue weighted by atomic mass is 9.80. The van der Waals surface area contributed by atoms with Crippen LogP contribution in [0.5, 0.6) is 0 Å². The average Bonchev–Trinajstić information content (AvgIpc) is 0.806. The van der Waals surface area contributed by atoms with Gasteiger partial charge in [-0.25, -0.2) is 27.4 Å². The summed E-state index contributed by atoms with van der Waals surface area (Å²) in [5.41, 5.74) is 32.5. The first-order valence-electron chi connectivity index (χ1n) is 57.2. The van der Waals surface area contributed by atoms with Crippen molar-refractivity contribution in [2.75, 3.05) is 0 Å². The number of nitrogens with zero attached hydrogens (tertiary/aromatic N) is 6. The van der Waals surface area contributed by atoms with E-state index < -0.39 is 45.1 Å². The van der Waals surface area contributed by atoms with Crippen molar-refractivity contribution in [1.82, 2.24) is 0 Å². The van der Waals surface area contributed by atoms with Crippen LogP contribution in [0.3, 0.4) is 0 Å². The minimum absolute atomic E-state index is 0.0344. The van der Waals surface area contributed by atoms with Gasteiger partial charge < -0.3 is 0 Å². The molecule has 20 rings (SSSR count). The molecule has 0 spiro atoms. The van der Waals surface area contributed by atoms with Gasteiger partial charge in [-0.1, -0.05) is 289 Å². The molecule has 0 aliphatic heterocycles. The van der Waals surface area contributed by atoms with Crippen molar-refractivity contribution >= 4 is 0 Å². The summed E-state index contributed by atoms with van der Waals surface area (Å²) < 4.78 is 141. The zero-order chi connectivity index (χ0) is 109. The van der Waals surface area contributed by atoms with Crippen molar-refractivity contribution in [2.24, 2.45) is 54.1 Å². The Morgan fingerprint density at radius 2 is 0.518 bits per heavy atom. The molecule has 4 fully saturated rings. The van der Waals surface area contributed by atoms with Gasteiger partial charge in [0.1, 0.15) is 42.3 Å². The predicted molar refractivity (Wildman–Crippen MR) is 575 cm³/mol. The van der Waals surface area contributed by atoms with Gasteiger partial charge in [0.15, 0.2) is 37.2 Å². The lowest BCUT2D eigenvalue weighted by molar-refractivity contribution is -0.660. The smallest absolute Gasteiger partial charge is 0.201 e. The highest BCUT2D eigenvalue weighted by atomic mass is 14.9. The van der Waals surface area contributed by atoms with Gasteiger partial charge in [-0.15, -0.1) is 0 Å². The van der Waals surface area contributed by atoms with Crippen LogP contribution in [0.4, 0.5) is 0 Å². The van der Waals surface area contributed by atoms with Crippen molar-refractivity contribution in [3.63, 3.8) is 0 Å². The van der Waals surface area contributed by atoms with Gasteiger partial charge in [-0.3, -0.25) is 0 Å². The maximum atomic E-state index is 9.01. The van der Waals surface area contributed by atoms with Crippen LogP contribution >= 0.6 is 0 Å². The summed E-state index contributed by atoms with van der Waals surface area (Å²) in [7, 11) is 12.1. The molecule has 4 aliphatic rings. The molecule has 4 aliphatic carbocycles. The first-order chi connectivity index (χ1) is 72.4. The first-order valence-corrected chi connectivity index (χ1v) is 49.7. The SMILES string of the molecule is [2H]C([2H])([2H])c1cc(-c2ccc(C)cc2)cc(C([2H])([2H])[2H])c1-c1cccc(C)c1-c1cccc[n+]1C.[2H]C([2H])([2H])c1cc(-c2ccc(C)cc2)ccc1-c1cccc(C)c1-c1cccc[n+]1C.[2H]C([2H])(c1cccc(C)c1-c1cccc[n+]1C)C1CCCC1.[2H]C([2H])(c1cccc(C)c1-c1cccc[n+]1C)C1CCCCC1.[2H]C1(c2cccc(C)c2-c2cccc[n+]2C)CCCC1.[2H]C1(c2cccc(C)c2-c2cccc[n+]2C)CCCCC1. The van der Waals surface area contributed by atoms with E-state index in [1.165, 1.54) is 88.9 Å². The fourth-order valence-electron chi connectivity index (χ4n) is 20.6. The minimum Gasteiger partial charge on any atom is -0.201 e. The second-order valence-corrected chi connectivity index (χ2v) is 38.2. The highest BCUT2D eigenvalue weighted by Crippen LogP contribution is 2.45. The number of pyridine rings is 6. The van der Waals surface area contributed by atoms with E-state index in [0.717, 1.165) is 189 Å². The van der Waals surface area contributed by atoms with Crippen molar-refractivity contribution in [2.45, 2.75) is 216 Å². The van der Waals surface area contributed by atoms with Crippen LogP contribution in [0.2, 0.25) is 0 Å². The van der Waals surface area contributed by atoms with Gasteiger partial charge in [0.05, 0.1) is 33.4 Å². The van der Waals surface area contributed by atoms with Crippen LogP contribution in [-0.2, 0) is 55.0 Å². The van der Waals surface area contributed by atoms with E-state index in [9.17, 15) is 0 Å². The fourth-order valence-corrected chi connectivity index (χ4v) is 20.6. The molecule has 0 radical (unpaired) electrons. The molecule has 6 aromatic heterocycles. The zero-order valence-corrected chi connectivity index (χ0v) is 83.3. The molecule has 137 heavy (non-hydrogen) atoms. The lowest BCUT2D eigenvalue weighted by Crippen LogP contribution is -2.30. The van der Waals surface area contributed by atoms with E-state index in [4.69, 9.17) is 20.6 Å². The Labute approximate surface area is 843 Å². The Bertz CT molecular complexity index is 7450. The molecule has 0 unspecified atom stereocenters. The first kappa shape index (κ1) is 80.2. The number of aromatic nitrogens is 6. The molecule has 698 valence electrons. The Hall–Kier alpha value is -12.9. The summed E-state index contributed by atoms with van der Waals surface area (Å²) in [5.74, 6) is -0.542. The van der Waals surface area contributed by atoms with Crippen molar-refractivity contribution in [1.29, 1.82) is 0 Å². The number of hydrogen-bond acceptors (Lipinski definition) is 0. The molecular formula is C131H150N6+6. The van der Waals surface area contributed by atoms with Gasteiger partial charge in [-0.2, -0.15) is 0 Å². The molecule has 16 aromatic rings. The van der Waals surface area contributed by atoms with E-state index in [1.54, 1.807) is 12.1 Å². The molecule has 4 saturated carbocycles. The zero-order valence-electron chi connectivity index (χ0n) is 98.3. The Kier molecular flexibility index (Phi) is 27.7. The maximum absolute atomic E-state index is 9.01. The summed E-state index contributed by atoms with van der Waals surface area (Å²) in [5, 5.41) is 0. The van der Waals surface area contributed by atoms with Crippen molar-refractivity contribution in [3.8, 4) is 112 Å². The van der Waals surface area contributed by atoms with E-state index in [-0.39, 0.29) is 28.5 Å².